The highest BCUT2D eigenvalue weighted by Gasteiger charge is 2.19. The summed E-state index contributed by atoms with van der Waals surface area (Å²) in [6.45, 7) is 0. The molecule has 0 bridgehead atoms. The van der Waals surface area contributed by atoms with Crippen LogP contribution in [0, 0.1) is 0 Å². The minimum atomic E-state index is -2.80. The smallest absolute Gasteiger partial charge is 0.309 e. The van der Waals surface area contributed by atoms with Gasteiger partial charge in [-0.15, -0.1) is 11.6 Å². The molecular weight excluding hydrogens is 263 g/mol. The van der Waals surface area contributed by atoms with Crippen molar-refractivity contribution in [1.82, 2.24) is 4.98 Å². The van der Waals surface area contributed by atoms with Gasteiger partial charge in [-0.1, -0.05) is 11.6 Å². The molecule has 1 aromatic heterocycles. The third kappa shape index (κ3) is 3.02. The van der Waals surface area contributed by atoms with Crippen LogP contribution in [-0.2, 0) is 17.1 Å². The molecule has 0 atom stereocenters. The zero-order valence-electron chi connectivity index (χ0n) is 7.88. The van der Waals surface area contributed by atoms with Crippen molar-refractivity contribution in [2.45, 2.75) is 18.7 Å². The van der Waals surface area contributed by atoms with E-state index in [1.807, 2.05) is 0 Å². The van der Waals surface area contributed by atoms with Crippen LogP contribution in [0.4, 0.5) is 8.78 Å². The predicted molar refractivity (Wildman–Crippen MR) is 55.1 cm³/mol. The molecule has 0 saturated carbocycles. The number of halogens is 4. The van der Waals surface area contributed by atoms with E-state index in [4.69, 9.17) is 28.3 Å². The topological polar surface area (TPSA) is 50.2 Å². The summed E-state index contributed by atoms with van der Waals surface area (Å²) in [7, 11) is 0. The van der Waals surface area contributed by atoms with Crippen molar-refractivity contribution in [2.24, 2.45) is 0 Å². The van der Waals surface area contributed by atoms with Gasteiger partial charge in [0.15, 0.2) is 0 Å². The van der Waals surface area contributed by atoms with Crippen molar-refractivity contribution in [1.29, 1.82) is 0 Å². The van der Waals surface area contributed by atoms with Crippen LogP contribution in [0.3, 0.4) is 0 Å². The van der Waals surface area contributed by atoms with Crippen LogP contribution < -0.4 is 0 Å². The normalized spacial score (nSPS) is 10.8. The number of pyridine rings is 1. The van der Waals surface area contributed by atoms with Crippen molar-refractivity contribution in [3.63, 3.8) is 0 Å². The zero-order chi connectivity index (χ0) is 12.3. The number of hydrogen-bond donors (Lipinski definition) is 1. The molecule has 0 aliphatic heterocycles. The van der Waals surface area contributed by atoms with Gasteiger partial charge >= 0.3 is 5.97 Å². The van der Waals surface area contributed by atoms with Crippen molar-refractivity contribution in [3.8, 4) is 0 Å². The first kappa shape index (κ1) is 13.1. The Bertz CT molecular complexity index is 413. The average Bonchev–Trinajstić information content (AvgIpc) is 2.16. The molecule has 3 nitrogen and oxygen atoms in total. The summed E-state index contributed by atoms with van der Waals surface area (Å²) in [5, 5.41) is 8.49. The van der Waals surface area contributed by atoms with Crippen molar-refractivity contribution in [2.75, 3.05) is 0 Å². The molecule has 0 aliphatic rings. The molecule has 1 N–H and O–H groups in total. The summed E-state index contributed by atoms with van der Waals surface area (Å²) in [4.78, 5) is 14.1. The summed E-state index contributed by atoms with van der Waals surface area (Å²) in [6.07, 6.45) is -3.40. The average molecular weight is 270 g/mol. The quantitative estimate of drug-likeness (QED) is 0.675. The number of alkyl halides is 3. The van der Waals surface area contributed by atoms with E-state index >= 15 is 0 Å². The molecule has 88 valence electrons. The van der Waals surface area contributed by atoms with E-state index < -0.39 is 24.4 Å². The second-order valence-electron chi connectivity index (χ2n) is 2.98. The summed E-state index contributed by atoms with van der Waals surface area (Å²) >= 11 is 11.1. The minimum absolute atomic E-state index is 0.0457. The molecule has 0 aliphatic carbocycles. The van der Waals surface area contributed by atoms with Gasteiger partial charge in [-0.05, 0) is 6.07 Å². The first-order chi connectivity index (χ1) is 7.45. The highest BCUT2D eigenvalue weighted by Crippen LogP contribution is 2.27. The Hall–Kier alpha value is -0.940. The molecule has 1 heterocycles. The van der Waals surface area contributed by atoms with Crippen LogP contribution in [0.1, 0.15) is 23.2 Å². The van der Waals surface area contributed by atoms with Gasteiger partial charge in [0.1, 0.15) is 5.15 Å². The van der Waals surface area contributed by atoms with E-state index in [-0.39, 0.29) is 22.3 Å². The SMILES string of the molecule is O=C(O)Cc1nc(Cl)c(CCl)cc1C(F)F. The van der Waals surface area contributed by atoms with E-state index in [0.29, 0.717) is 0 Å². The molecule has 0 radical (unpaired) electrons. The van der Waals surface area contributed by atoms with E-state index in [0.717, 1.165) is 6.07 Å². The summed E-state index contributed by atoms with van der Waals surface area (Å²) in [5.74, 6) is -1.30. The van der Waals surface area contributed by atoms with E-state index in [1.54, 1.807) is 0 Å². The molecule has 0 unspecified atom stereocenters. The van der Waals surface area contributed by atoms with E-state index in [1.165, 1.54) is 0 Å². The molecule has 0 amide bonds. The molecular formula is C9H7Cl2F2NO2. The molecule has 1 rings (SSSR count). The standard InChI is InChI=1S/C9H7Cl2F2NO2/c10-3-4-1-5(9(12)13)6(2-7(15)16)14-8(4)11/h1,9H,2-3H2,(H,15,16). The van der Waals surface area contributed by atoms with Gasteiger partial charge in [0.05, 0.1) is 18.0 Å². The first-order valence-electron chi connectivity index (χ1n) is 4.19. The molecule has 0 aromatic carbocycles. The third-order valence-corrected chi connectivity index (χ3v) is 2.47. The van der Waals surface area contributed by atoms with Gasteiger partial charge < -0.3 is 5.11 Å². The molecule has 0 saturated heterocycles. The van der Waals surface area contributed by atoms with Gasteiger partial charge in [-0.25, -0.2) is 13.8 Å². The lowest BCUT2D eigenvalue weighted by atomic mass is 10.1. The monoisotopic (exact) mass is 269 g/mol. The molecule has 0 spiro atoms. The fourth-order valence-electron chi connectivity index (χ4n) is 1.15. The number of carbonyl (C=O) groups is 1. The van der Waals surface area contributed by atoms with Gasteiger partial charge in [0.2, 0.25) is 0 Å². The Balaban J connectivity index is 3.24. The Morgan fingerprint density at radius 1 is 1.56 bits per heavy atom. The van der Waals surface area contributed by atoms with Crippen LogP contribution in [-0.4, -0.2) is 16.1 Å². The maximum atomic E-state index is 12.6. The number of hydrogen-bond acceptors (Lipinski definition) is 2. The Morgan fingerprint density at radius 3 is 2.62 bits per heavy atom. The van der Waals surface area contributed by atoms with E-state index in [2.05, 4.69) is 4.98 Å². The van der Waals surface area contributed by atoms with Crippen molar-refractivity contribution < 1.29 is 18.7 Å². The van der Waals surface area contributed by atoms with Gasteiger partial charge in [0, 0.05) is 11.1 Å². The fraction of sp³-hybridized carbons (Fsp3) is 0.333. The van der Waals surface area contributed by atoms with Gasteiger partial charge in [0.25, 0.3) is 6.43 Å². The second-order valence-corrected chi connectivity index (χ2v) is 3.60. The maximum Gasteiger partial charge on any atom is 0.309 e. The highest BCUT2D eigenvalue weighted by molar-refractivity contribution is 6.31. The van der Waals surface area contributed by atoms with Crippen molar-refractivity contribution >= 4 is 29.2 Å². The van der Waals surface area contributed by atoms with Crippen LogP contribution in [0.5, 0.6) is 0 Å². The number of nitrogens with zero attached hydrogens (tertiary/aromatic N) is 1. The number of aromatic nitrogens is 1. The third-order valence-electron chi connectivity index (χ3n) is 1.86. The molecule has 0 fully saturated rings. The summed E-state index contributed by atoms with van der Waals surface area (Å²) in [5.41, 5.74) is -0.420. The molecule has 16 heavy (non-hydrogen) atoms. The minimum Gasteiger partial charge on any atom is -0.481 e. The highest BCUT2D eigenvalue weighted by atomic mass is 35.5. The van der Waals surface area contributed by atoms with Gasteiger partial charge in [-0.3, -0.25) is 4.79 Å². The Morgan fingerprint density at radius 2 is 2.19 bits per heavy atom. The number of rotatable bonds is 4. The Labute approximate surface area is 100 Å². The van der Waals surface area contributed by atoms with Crippen LogP contribution in [0.15, 0.2) is 6.07 Å². The predicted octanol–water partition coefficient (Wildman–Crippen LogP) is 3.04. The van der Waals surface area contributed by atoms with Crippen LogP contribution in [0.2, 0.25) is 5.15 Å². The molecule has 7 heteroatoms. The first-order valence-corrected chi connectivity index (χ1v) is 5.11. The lowest BCUT2D eigenvalue weighted by molar-refractivity contribution is -0.136. The lowest BCUT2D eigenvalue weighted by Crippen LogP contribution is -2.08. The van der Waals surface area contributed by atoms with Gasteiger partial charge in [-0.2, -0.15) is 0 Å². The number of carboxylic acids is 1. The van der Waals surface area contributed by atoms with Crippen molar-refractivity contribution in [3.05, 3.63) is 28.0 Å². The largest absolute Gasteiger partial charge is 0.481 e. The zero-order valence-corrected chi connectivity index (χ0v) is 9.40. The number of carboxylic acid groups (broad SMARTS) is 1. The lowest BCUT2D eigenvalue weighted by Gasteiger charge is -2.09. The fourth-order valence-corrected chi connectivity index (χ4v) is 1.65. The molecule has 1 aromatic rings. The second kappa shape index (κ2) is 5.41. The summed E-state index contributed by atoms with van der Waals surface area (Å²) < 4.78 is 25.2. The maximum absolute atomic E-state index is 12.6. The summed E-state index contributed by atoms with van der Waals surface area (Å²) in [6, 6.07) is 1.09. The van der Waals surface area contributed by atoms with Crippen LogP contribution in [0.25, 0.3) is 0 Å². The number of aliphatic carboxylic acids is 1. The van der Waals surface area contributed by atoms with Crippen LogP contribution >= 0.6 is 23.2 Å². The van der Waals surface area contributed by atoms with E-state index in [9.17, 15) is 13.6 Å². The Kier molecular flexibility index (Phi) is 4.44.